The Morgan fingerprint density at radius 1 is 0.273 bits per heavy atom. The van der Waals surface area contributed by atoms with Gasteiger partial charge >= 0.3 is 360 Å². The Balaban J connectivity index is 1.01. The van der Waals surface area contributed by atoms with Crippen molar-refractivity contribution in [3.8, 4) is 50.2 Å². The van der Waals surface area contributed by atoms with Crippen LogP contribution < -0.4 is 0 Å². The number of nitrogens with zero attached hydrogens (tertiary/aromatic N) is 1. The molecule has 0 saturated heterocycles. The van der Waals surface area contributed by atoms with E-state index in [2.05, 4.69) is 241 Å². The van der Waals surface area contributed by atoms with Crippen molar-refractivity contribution < 1.29 is 0 Å². The van der Waals surface area contributed by atoms with Gasteiger partial charge in [-0.05, 0) is 0 Å². The predicted molar refractivity (Wildman–Crippen MR) is 285 cm³/mol. The predicted octanol–water partition coefficient (Wildman–Crippen LogP) is 17.4. The van der Waals surface area contributed by atoms with E-state index < -0.39 is 0 Å². The first-order valence-corrected chi connectivity index (χ1v) is 24.5. The molecule has 0 radical (unpaired) electrons. The fourth-order valence-corrected chi connectivity index (χ4v) is 13.9. The van der Waals surface area contributed by atoms with Crippen molar-refractivity contribution in [2.24, 2.45) is 0 Å². The molecule has 0 fully saturated rings. The Hall–Kier alpha value is -8.00. The van der Waals surface area contributed by atoms with Gasteiger partial charge in [-0.15, -0.1) is 0 Å². The number of hydrogen-bond donors (Lipinski definition) is 0. The Morgan fingerprint density at radius 2 is 0.712 bits per heavy atom. The van der Waals surface area contributed by atoms with E-state index in [4.69, 9.17) is 0 Å². The molecule has 0 amide bonds. The van der Waals surface area contributed by atoms with Gasteiger partial charge in [-0.25, -0.2) is 0 Å². The van der Waals surface area contributed by atoms with Gasteiger partial charge in [-0.2, -0.15) is 0 Å². The summed E-state index contributed by atoms with van der Waals surface area (Å²) < 4.78 is 5.37. The number of hydrogen-bond acceptors (Lipinski definition) is 0. The quantitative estimate of drug-likeness (QED) is 0.120. The van der Waals surface area contributed by atoms with Crippen LogP contribution in [0.15, 0.2) is 237 Å². The average molecular weight is 901 g/mol. The third kappa shape index (κ3) is 5.47. The first-order valence-electron chi connectivity index (χ1n) is 22.8. The number of benzene rings is 12. The minimum atomic E-state index is 0.0869. The van der Waals surface area contributed by atoms with Crippen LogP contribution in [0.2, 0.25) is 0 Å². The Kier molecular flexibility index (Phi) is 8.37. The summed E-state index contributed by atoms with van der Waals surface area (Å²) in [5.41, 5.74) is 13.9. The molecule has 0 atom stereocenters. The van der Waals surface area contributed by atoms with Crippen LogP contribution in [0.5, 0.6) is 0 Å². The molecule has 0 aliphatic carbocycles. The molecule has 306 valence electrons. The van der Waals surface area contributed by atoms with Crippen molar-refractivity contribution in [2.75, 3.05) is 0 Å². The SMILES string of the molecule is c1ccc(-c2c3ccccc3c(-c3cccc4c3[se]c3cc(-c5c6ccccc6c(-c6cccc7c8ccccc8n(-c8ccccc8)c67)c6ccccc56)ccc34)c3ccccc23)cc1. The van der Waals surface area contributed by atoms with Crippen molar-refractivity contribution >= 4 is 98.7 Å². The van der Waals surface area contributed by atoms with Crippen molar-refractivity contribution in [1.82, 2.24) is 4.57 Å². The first-order chi connectivity index (χ1) is 32.8. The van der Waals surface area contributed by atoms with Gasteiger partial charge in [-0.1, -0.05) is 30.3 Å². The number of rotatable bonds is 5. The van der Waals surface area contributed by atoms with Crippen LogP contribution in [-0.2, 0) is 0 Å². The van der Waals surface area contributed by atoms with Crippen molar-refractivity contribution in [2.45, 2.75) is 0 Å². The van der Waals surface area contributed by atoms with Gasteiger partial charge in [-0.3, -0.25) is 0 Å². The molecular formula is C64H39NSe. The average Bonchev–Trinajstić information content (AvgIpc) is 3.94. The molecule has 2 aromatic heterocycles. The third-order valence-electron chi connectivity index (χ3n) is 14.0. The van der Waals surface area contributed by atoms with Crippen LogP contribution in [0.3, 0.4) is 0 Å². The van der Waals surface area contributed by atoms with Crippen molar-refractivity contribution in [3.63, 3.8) is 0 Å². The molecule has 0 saturated carbocycles. The summed E-state index contributed by atoms with van der Waals surface area (Å²) in [5, 5.41) is 15.5. The standard InChI is InChI=1S/C64H39NSe/c1-3-19-40(20-4-1)59-45-24-7-13-30-51(45)62(52-31-14-8-25-46(52)59)56-35-18-33-54-44-38-37-41(39-58(44)66-64(54)56)60-47-26-9-11-28-49(47)61(50-29-12-10-27-48(50)60)55-34-17-32-53-43-23-15-16-36-57(43)65(63(53)55)42-21-5-2-6-22-42/h1-39H. The van der Waals surface area contributed by atoms with E-state index in [0.717, 1.165) is 5.69 Å². The summed E-state index contributed by atoms with van der Waals surface area (Å²) in [4.78, 5) is 0. The molecule has 14 rings (SSSR count). The van der Waals surface area contributed by atoms with Crippen LogP contribution in [0.4, 0.5) is 0 Å². The summed E-state index contributed by atoms with van der Waals surface area (Å²) in [6, 6.07) is 88.1. The second kappa shape index (κ2) is 14.8. The molecule has 1 nitrogen and oxygen atoms in total. The fraction of sp³-hybridized carbons (Fsp3) is 0. The van der Waals surface area contributed by atoms with Crippen LogP contribution in [0, 0.1) is 0 Å². The summed E-state index contributed by atoms with van der Waals surface area (Å²) in [6.45, 7) is 0. The zero-order valence-corrected chi connectivity index (χ0v) is 37.6. The monoisotopic (exact) mass is 901 g/mol. The zero-order chi connectivity index (χ0) is 43.3. The van der Waals surface area contributed by atoms with Crippen molar-refractivity contribution in [3.05, 3.63) is 237 Å². The van der Waals surface area contributed by atoms with Gasteiger partial charge in [0.25, 0.3) is 0 Å². The van der Waals surface area contributed by atoms with Gasteiger partial charge in [0.15, 0.2) is 0 Å². The van der Waals surface area contributed by atoms with Gasteiger partial charge in [0.05, 0.1) is 0 Å². The number of fused-ring (bicyclic) bond motifs is 10. The number of para-hydroxylation sites is 3. The molecule has 12 aromatic carbocycles. The van der Waals surface area contributed by atoms with Gasteiger partial charge in [0.1, 0.15) is 0 Å². The topological polar surface area (TPSA) is 4.93 Å². The van der Waals surface area contributed by atoms with E-state index in [1.54, 1.807) is 0 Å². The molecule has 0 N–H and O–H groups in total. The summed E-state index contributed by atoms with van der Waals surface area (Å²) in [5.74, 6) is 0. The van der Waals surface area contributed by atoms with Gasteiger partial charge in [0, 0.05) is 0 Å². The molecule has 0 aliphatic rings. The molecule has 0 aliphatic heterocycles. The van der Waals surface area contributed by atoms with Crippen LogP contribution in [0.25, 0.3) is 134 Å². The van der Waals surface area contributed by atoms with E-state index in [1.165, 1.54) is 129 Å². The van der Waals surface area contributed by atoms with Crippen LogP contribution in [-0.4, -0.2) is 19.1 Å². The fourth-order valence-electron chi connectivity index (χ4n) is 11.3. The third-order valence-corrected chi connectivity index (χ3v) is 16.5. The Morgan fingerprint density at radius 3 is 1.30 bits per heavy atom. The molecule has 0 unspecified atom stereocenters. The van der Waals surface area contributed by atoms with E-state index in [-0.39, 0.29) is 14.5 Å². The van der Waals surface area contributed by atoms with E-state index in [0.29, 0.717) is 0 Å². The summed E-state index contributed by atoms with van der Waals surface area (Å²) in [6.07, 6.45) is 0. The molecule has 66 heavy (non-hydrogen) atoms. The normalized spacial score (nSPS) is 11.9. The van der Waals surface area contributed by atoms with Crippen LogP contribution in [0.1, 0.15) is 0 Å². The molecule has 0 spiro atoms. The van der Waals surface area contributed by atoms with E-state index in [1.807, 2.05) is 0 Å². The number of aromatic nitrogens is 1. The van der Waals surface area contributed by atoms with E-state index in [9.17, 15) is 0 Å². The maximum atomic E-state index is 2.52. The zero-order valence-electron chi connectivity index (χ0n) is 35.9. The first kappa shape index (κ1) is 37.4. The Bertz CT molecular complexity index is 4160. The minimum absolute atomic E-state index is 0.0869. The van der Waals surface area contributed by atoms with Gasteiger partial charge in [0.2, 0.25) is 0 Å². The molecule has 2 heteroatoms. The maximum absolute atomic E-state index is 2.52. The molecular weight excluding hydrogens is 862 g/mol. The summed E-state index contributed by atoms with van der Waals surface area (Å²) in [7, 11) is 0. The molecule has 14 aromatic rings. The van der Waals surface area contributed by atoms with E-state index >= 15 is 0 Å². The summed E-state index contributed by atoms with van der Waals surface area (Å²) >= 11 is 0.0869. The van der Waals surface area contributed by atoms with Crippen molar-refractivity contribution in [1.29, 1.82) is 0 Å². The Labute approximate surface area is 387 Å². The molecule has 2 heterocycles. The van der Waals surface area contributed by atoms with Crippen LogP contribution >= 0.6 is 0 Å². The second-order valence-corrected chi connectivity index (χ2v) is 19.6. The molecule has 0 bridgehead atoms. The second-order valence-electron chi connectivity index (χ2n) is 17.4. The van der Waals surface area contributed by atoms with Gasteiger partial charge < -0.3 is 0 Å².